The Balaban J connectivity index is 1.97. The van der Waals surface area contributed by atoms with Crippen LogP contribution in [0, 0.1) is 11.3 Å². The molecular weight excluding hydrogens is 204 g/mol. The Labute approximate surface area is 96.5 Å². The van der Waals surface area contributed by atoms with Crippen LogP contribution in [0.1, 0.15) is 6.92 Å². The van der Waals surface area contributed by atoms with Gasteiger partial charge >= 0.3 is 0 Å². The van der Waals surface area contributed by atoms with Crippen LogP contribution >= 0.6 is 0 Å². The van der Waals surface area contributed by atoms with Gasteiger partial charge in [0.15, 0.2) is 0 Å². The molecule has 0 aromatic carbocycles. The molecule has 4 aliphatic heterocycles. The molecule has 4 rings (SSSR count). The van der Waals surface area contributed by atoms with Gasteiger partial charge in [0.25, 0.3) is 0 Å². The van der Waals surface area contributed by atoms with E-state index < -0.39 is 5.60 Å². The average Bonchev–Trinajstić information content (AvgIpc) is 2.44. The zero-order valence-electron chi connectivity index (χ0n) is 9.95. The number of hydrazine groups is 1. The Morgan fingerprint density at radius 2 is 1.88 bits per heavy atom. The summed E-state index contributed by atoms with van der Waals surface area (Å²) in [4.78, 5) is 5.01. The summed E-state index contributed by atoms with van der Waals surface area (Å²) in [6.45, 7) is 9.05. The SMILES string of the molecule is CC12CN3CCN(CC(C3)C1(O)CNN)C2. The topological polar surface area (TPSA) is 64.8 Å². The molecule has 4 aliphatic rings. The number of aliphatic hydroxyl groups is 1. The molecule has 4 saturated heterocycles. The van der Waals surface area contributed by atoms with Crippen molar-refractivity contribution in [1.29, 1.82) is 0 Å². The minimum atomic E-state index is -0.640. The molecule has 92 valence electrons. The van der Waals surface area contributed by atoms with Crippen molar-refractivity contribution in [1.82, 2.24) is 15.2 Å². The van der Waals surface area contributed by atoms with Crippen molar-refractivity contribution < 1.29 is 5.11 Å². The molecule has 5 nitrogen and oxygen atoms in total. The molecule has 5 heteroatoms. The zero-order valence-corrected chi connectivity index (χ0v) is 9.95. The van der Waals surface area contributed by atoms with Gasteiger partial charge in [-0.2, -0.15) is 0 Å². The predicted octanol–water partition coefficient (Wildman–Crippen LogP) is -1.55. The highest BCUT2D eigenvalue weighted by atomic mass is 16.3. The lowest BCUT2D eigenvalue weighted by atomic mass is 9.61. The van der Waals surface area contributed by atoms with E-state index in [9.17, 15) is 5.11 Å². The van der Waals surface area contributed by atoms with Gasteiger partial charge in [-0.1, -0.05) is 6.92 Å². The predicted molar refractivity (Wildman–Crippen MR) is 61.6 cm³/mol. The lowest BCUT2D eigenvalue weighted by Crippen LogP contribution is -2.73. The summed E-state index contributed by atoms with van der Waals surface area (Å²) in [5, 5.41) is 11.0. The van der Waals surface area contributed by atoms with Crippen LogP contribution in [-0.4, -0.2) is 66.3 Å². The van der Waals surface area contributed by atoms with E-state index in [0.29, 0.717) is 12.5 Å². The van der Waals surface area contributed by atoms with Crippen molar-refractivity contribution in [2.45, 2.75) is 12.5 Å². The van der Waals surface area contributed by atoms with Crippen molar-refractivity contribution in [3.63, 3.8) is 0 Å². The summed E-state index contributed by atoms with van der Waals surface area (Å²) < 4.78 is 0. The molecule has 4 N–H and O–H groups in total. The van der Waals surface area contributed by atoms with Gasteiger partial charge in [-0.25, -0.2) is 0 Å². The molecule has 3 unspecified atom stereocenters. The summed E-state index contributed by atoms with van der Waals surface area (Å²) in [5.74, 6) is 5.79. The number of nitrogens with one attached hydrogen (secondary N) is 1. The highest BCUT2D eigenvalue weighted by molar-refractivity contribution is 5.13. The maximum Gasteiger partial charge on any atom is 0.0915 e. The van der Waals surface area contributed by atoms with Crippen molar-refractivity contribution >= 4 is 0 Å². The smallest absolute Gasteiger partial charge is 0.0915 e. The highest BCUT2D eigenvalue weighted by Gasteiger charge is 2.60. The fraction of sp³-hybridized carbons (Fsp3) is 1.00. The molecule has 4 bridgehead atoms. The maximum atomic E-state index is 11.0. The monoisotopic (exact) mass is 226 g/mol. The van der Waals surface area contributed by atoms with Crippen molar-refractivity contribution in [2.75, 3.05) is 45.8 Å². The van der Waals surface area contributed by atoms with Gasteiger partial charge in [0.1, 0.15) is 0 Å². The Hall–Kier alpha value is -0.200. The van der Waals surface area contributed by atoms with E-state index in [1.807, 2.05) is 0 Å². The first kappa shape index (κ1) is 10.9. The van der Waals surface area contributed by atoms with Crippen LogP contribution in [0.4, 0.5) is 0 Å². The Bertz CT molecular complexity index is 282. The Kier molecular flexibility index (Phi) is 2.32. The molecule has 0 radical (unpaired) electrons. The Morgan fingerprint density at radius 1 is 1.31 bits per heavy atom. The van der Waals surface area contributed by atoms with E-state index in [-0.39, 0.29) is 5.41 Å². The third-order valence-corrected chi connectivity index (χ3v) is 4.93. The minimum Gasteiger partial charge on any atom is -0.387 e. The second-order valence-electron chi connectivity index (χ2n) is 6.03. The van der Waals surface area contributed by atoms with E-state index in [0.717, 1.165) is 39.3 Å². The molecule has 16 heavy (non-hydrogen) atoms. The standard InChI is InChI=1S/C11H22N4O/c1-10-7-14-2-3-15(8-10)5-9(4-14)11(10,16)6-13-12/h9,13,16H,2-8,12H2,1H3. The summed E-state index contributed by atoms with van der Waals surface area (Å²) >= 11 is 0. The van der Waals surface area contributed by atoms with E-state index >= 15 is 0 Å². The lowest BCUT2D eigenvalue weighted by Gasteiger charge is -2.59. The second-order valence-corrected chi connectivity index (χ2v) is 6.03. The number of hydrogen-bond donors (Lipinski definition) is 3. The summed E-state index contributed by atoms with van der Waals surface area (Å²) in [7, 11) is 0. The van der Waals surface area contributed by atoms with E-state index in [1.54, 1.807) is 0 Å². The first-order chi connectivity index (χ1) is 7.57. The number of hydrogen-bond acceptors (Lipinski definition) is 5. The quantitative estimate of drug-likeness (QED) is 0.393. The van der Waals surface area contributed by atoms with Gasteiger partial charge in [-0.05, 0) is 0 Å². The van der Waals surface area contributed by atoms with E-state index in [1.165, 1.54) is 0 Å². The molecule has 4 fully saturated rings. The van der Waals surface area contributed by atoms with Crippen LogP contribution in [0.2, 0.25) is 0 Å². The molecule has 3 atom stereocenters. The van der Waals surface area contributed by atoms with Gasteiger partial charge in [-0.15, -0.1) is 0 Å². The minimum absolute atomic E-state index is 0.0446. The van der Waals surface area contributed by atoms with Crippen LogP contribution < -0.4 is 11.3 Å². The van der Waals surface area contributed by atoms with Crippen LogP contribution in [0.5, 0.6) is 0 Å². The van der Waals surface area contributed by atoms with Gasteiger partial charge in [0, 0.05) is 57.1 Å². The van der Waals surface area contributed by atoms with Crippen molar-refractivity contribution in [3.8, 4) is 0 Å². The summed E-state index contributed by atoms with van der Waals surface area (Å²) in [6, 6.07) is 0. The molecule has 0 aliphatic carbocycles. The number of piperidine rings is 2. The summed E-state index contributed by atoms with van der Waals surface area (Å²) in [6.07, 6.45) is 0. The fourth-order valence-corrected chi connectivity index (χ4v) is 4.05. The molecule has 0 aromatic rings. The second kappa shape index (κ2) is 3.40. The van der Waals surface area contributed by atoms with Crippen molar-refractivity contribution in [3.05, 3.63) is 0 Å². The van der Waals surface area contributed by atoms with E-state index in [4.69, 9.17) is 5.84 Å². The molecule has 0 aromatic heterocycles. The molecule has 0 spiro atoms. The normalized spacial score (nSPS) is 55.3. The molecular formula is C11H22N4O. The largest absolute Gasteiger partial charge is 0.387 e. The zero-order chi connectivity index (χ0) is 11.4. The molecule has 0 amide bonds. The van der Waals surface area contributed by atoms with Gasteiger partial charge < -0.3 is 14.9 Å². The number of fused-ring (bicyclic) bond motifs is 1. The van der Waals surface area contributed by atoms with Crippen LogP contribution in [0.15, 0.2) is 0 Å². The fourth-order valence-electron chi connectivity index (χ4n) is 4.05. The lowest BCUT2D eigenvalue weighted by molar-refractivity contribution is -0.188. The van der Waals surface area contributed by atoms with E-state index in [2.05, 4.69) is 22.1 Å². The van der Waals surface area contributed by atoms with Crippen molar-refractivity contribution in [2.24, 2.45) is 17.2 Å². The number of nitrogens with zero attached hydrogens (tertiary/aromatic N) is 2. The molecule has 0 saturated carbocycles. The number of nitrogens with two attached hydrogens (primary N) is 1. The third-order valence-electron chi connectivity index (χ3n) is 4.93. The molecule has 4 heterocycles. The summed E-state index contributed by atoms with van der Waals surface area (Å²) in [5.41, 5.74) is 2.01. The first-order valence-electron chi connectivity index (χ1n) is 6.18. The third kappa shape index (κ3) is 1.29. The Morgan fingerprint density at radius 3 is 2.31 bits per heavy atom. The maximum absolute atomic E-state index is 11.0. The van der Waals surface area contributed by atoms with Gasteiger partial charge in [0.2, 0.25) is 0 Å². The first-order valence-corrected chi connectivity index (χ1v) is 6.18. The van der Waals surface area contributed by atoms with Crippen LogP contribution in [0.25, 0.3) is 0 Å². The number of rotatable bonds is 2. The van der Waals surface area contributed by atoms with Gasteiger partial charge in [0.05, 0.1) is 5.60 Å². The van der Waals surface area contributed by atoms with Crippen LogP contribution in [-0.2, 0) is 0 Å². The average molecular weight is 226 g/mol. The van der Waals surface area contributed by atoms with Gasteiger partial charge in [-0.3, -0.25) is 11.3 Å². The highest BCUT2D eigenvalue weighted by Crippen LogP contribution is 2.47. The van der Waals surface area contributed by atoms with Crippen LogP contribution in [0.3, 0.4) is 0 Å².